The highest BCUT2D eigenvalue weighted by molar-refractivity contribution is 5.81. The highest BCUT2D eigenvalue weighted by Gasteiger charge is 2.35. The third kappa shape index (κ3) is 4.77. The van der Waals surface area contributed by atoms with Gasteiger partial charge in [0, 0.05) is 26.2 Å². The molecule has 0 radical (unpaired) electrons. The maximum Gasteiger partial charge on any atom is 0.419 e. The summed E-state index contributed by atoms with van der Waals surface area (Å²) in [6.45, 7) is 2.78. The molecule has 1 aromatic carbocycles. The number of para-hydroxylation sites is 1. The lowest BCUT2D eigenvalue weighted by atomic mass is 10.2. The van der Waals surface area contributed by atoms with E-state index in [4.69, 9.17) is 10.5 Å². The second-order valence-corrected chi connectivity index (χ2v) is 5.76. The summed E-state index contributed by atoms with van der Waals surface area (Å²) in [7, 11) is 0. The number of carbonyl (C=O) groups excluding carboxylic acids is 2. The Labute approximate surface area is 143 Å². The quantitative estimate of drug-likeness (QED) is 0.898. The first-order valence-electron chi connectivity index (χ1n) is 7.86. The summed E-state index contributed by atoms with van der Waals surface area (Å²) in [6.07, 6.45) is -5.10. The summed E-state index contributed by atoms with van der Waals surface area (Å²) < 4.78 is 44.3. The van der Waals surface area contributed by atoms with Crippen molar-refractivity contribution in [3.63, 3.8) is 0 Å². The first-order chi connectivity index (χ1) is 11.7. The van der Waals surface area contributed by atoms with Crippen molar-refractivity contribution in [2.45, 2.75) is 25.6 Å². The average Bonchev–Trinajstić information content (AvgIpc) is 2.79. The predicted molar refractivity (Wildman–Crippen MR) is 83.9 cm³/mol. The van der Waals surface area contributed by atoms with Crippen molar-refractivity contribution in [3.05, 3.63) is 29.8 Å². The van der Waals surface area contributed by atoms with E-state index in [0.717, 1.165) is 6.07 Å². The van der Waals surface area contributed by atoms with Gasteiger partial charge in [0.1, 0.15) is 5.75 Å². The van der Waals surface area contributed by atoms with Crippen LogP contribution in [-0.4, -0.2) is 54.0 Å². The number of primary amides is 1. The molecular weight excluding hydrogens is 339 g/mol. The van der Waals surface area contributed by atoms with Gasteiger partial charge < -0.3 is 20.3 Å². The molecule has 1 heterocycles. The van der Waals surface area contributed by atoms with Crippen molar-refractivity contribution in [2.75, 3.05) is 26.2 Å². The van der Waals surface area contributed by atoms with E-state index in [1.165, 1.54) is 34.9 Å². The molecule has 2 N–H and O–H groups in total. The van der Waals surface area contributed by atoms with E-state index in [9.17, 15) is 22.8 Å². The molecule has 9 heteroatoms. The fourth-order valence-corrected chi connectivity index (χ4v) is 2.66. The number of alkyl halides is 3. The summed E-state index contributed by atoms with van der Waals surface area (Å²) in [5.74, 6) is -0.812. The van der Waals surface area contributed by atoms with Gasteiger partial charge in [-0.15, -0.1) is 0 Å². The maximum atomic E-state index is 13.0. The molecule has 1 unspecified atom stereocenters. The highest BCUT2D eigenvalue weighted by Crippen LogP contribution is 2.36. The van der Waals surface area contributed by atoms with Gasteiger partial charge in [-0.25, -0.2) is 4.79 Å². The lowest BCUT2D eigenvalue weighted by molar-refractivity contribution is -0.143. The Hall–Kier alpha value is -2.45. The van der Waals surface area contributed by atoms with E-state index in [1.807, 2.05) is 0 Å². The molecule has 6 nitrogen and oxygen atoms in total. The molecule has 3 amide bonds. The molecule has 1 aromatic rings. The lowest BCUT2D eigenvalue weighted by Crippen LogP contribution is -2.43. The zero-order valence-corrected chi connectivity index (χ0v) is 13.8. The normalized spacial score (nSPS) is 17.0. The van der Waals surface area contributed by atoms with Crippen molar-refractivity contribution in [1.82, 2.24) is 9.80 Å². The summed E-state index contributed by atoms with van der Waals surface area (Å²) in [5, 5.41) is 0. The zero-order chi connectivity index (χ0) is 18.6. The van der Waals surface area contributed by atoms with Crippen LogP contribution in [0.5, 0.6) is 5.75 Å². The smallest absolute Gasteiger partial charge is 0.419 e. The number of ether oxygens (including phenoxy) is 1. The average molecular weight is 359 g/mol. The zero-order valence-electron chi connectivity index (χ0n) is 13.8. The highest BCUT2D eigenvalue weighted by atomic mass is 19.4. The third-order valence-electron chi connectivity index (χ3n) is 3.96. The number of nitrogens with zero attached hydrogens (tertiary/aromatic N) is 2. The summed E-state index contributed by atoms with van der Waals surface area (Å²) >= 11 is 0. The van der Waals surface area contributed by atoms with Crippen LogP contribution >= 0.6 is 0 Å². The number of urea groups is 1. The Morgan fingerprint density at radius 3 is 2.36 bits per heavy atom. The fraction of sp³-hybridized carbons (Fsp3) is 0.500. The number of amides is 3. The third-order valence-corrected chi connectivity index (χ3v) is 3.96. The van der Waals surface area contributed by atoms with Crippen LogP contribution in [-0.2, 0) is 11.0 Å². The molecule has 25 heavy (non-hydrogen) atoms. The number of hydrogen-bond donors (Lipinski definition) is 1. The first kappa shape index (κ1) is 18.9. The van der Waals surface area contributed by atoms with Crippen molar-refractivity contribution < 1.29 is 27.5 Å². The monoisotopic (exact) mass is 359 g/mol. The van der Waals surface area contributed by atoms with E-state index in [2.05, 4.69) is 0 Å². The van der Waals surface area contributed by atoms with E-state index in [-0.39, 0.29) is 18.8 Å². The topological polar surface area (TPSA) is 75.9 Å². The van der Waals surface area contributed by atoms with Crippen LogP contribution < -0.4 is 10.5 Å². The largest absolute Gasteiger partial charge is 0.480 e. The Kier molecular flexibility index (Phi) is 5.76. The molecule has 2 rings (SSSR count). The molecule has 1 saturated heterocycles. The molecule has 138 valence electrons. The lowest BCUT2D eigenvalue weighted by Gasteiger charge is -2.25. The Morgan fingerprint density at radius 2 is 1.72 bits per heavy atom. The van der Waals surface area contributed by atoms with Gasteiger partial charge in [-0.3, -0.25) is 4.79 Å². The van der Waals surface area contributed by atoms with Crippen LogP contribution in [0, 0.1) is 0 Å². The number of benzene rings is 1. The predicted octanol–water partition coefficient (Wildman–Crippen LogP) is 2.09. The maximum absolute atomic E-state index is 13.0. The van der Waals surface area contributed by atoms with Gasteiger partial charge in [-0.05, 0) is 25.5 Å². The van der Waals surface area contributed by atoms with Crippen molar-refractivity contribution >= 4 is 11.9 Å². The van der Waals surface area contributed by atoms with Gasteiger partial charge in [0.15, 0.2) is 6.10 Å². The minimum atomic E-state index is -4.57. The molecule has 1 aliphatic heterocycles. The number of carbonyl (C=O) groups is 2. The van der Waals surface area contributed by atoms with Crippen LogP contribution in [0.15, 0.2) is 24.3 Å². The van der Waals surface area contributed by atoms with Crippen molar-refractivity contribution in [1.29, 1.82) is 0 Å². The van der Waals surface area contributed by atoms with Gasteiger partial charge in [-0.1, -0.05) is 12.1 Å². The van der Waals surface area contributed by atoms with E-state index >= 15 is 0 Å². The van der Waals surface area contributed by atoms with Crippen LogP contribution in [0.25, 0.3) is 0 Å². The standard InChI is InChI=1S/C16H20F3N3O3/c1-11(25-13-6-3-2-5-12(13)16(17,18)19)14(23)21-7-4-8-22(10-9-21)15(20)24/h2-3,5-6,11H,4,7-10H2,1H3,(H2,20,24). The molecule has 1 fully saturated rings. The Bertz CT molecular complexity index is 637. The molecule has 0 spiro atoms. The number of halogens is 3. The summed E-state index contributed by atoms with van der Waals surface area (Å²) in [6, 6.07) is 4.21. The number of rotatable bonds is 3. The van der Waals surface area contributed by atoms with Gasteiger partial charge >= 0.3 is 12.2 Å². The van der Waals surface area contributed by atoms with Crippen LogP contribution in [0.2, 0.25) is 0 Å². The molecule has 0 aromatic heterocycles. The van der Waals surface area contributed by atoms with Crippen LogP contribution in [0.4, 0.5) is 18.0 Å². The SMILES string of the molecule is CC(Oc1ccccc1C(F)(F)F)C(=O)N1CCCN(C(N)=O)CC1. The van der Waals surface area contributed by atoms with Crippen LogP contribution in [0.1, 0.15) is 18.9 Å². The molecular formula is C16H20F3N3O3. The summed E-state index contributed by atoms with van der Waals surface area (Å²) in [5.41, 5.74) is 4.30. The fourth-order valence-electron chi connectivity index (χ4n) is 2.66. The molecule has 0 bridgehead atoms. The van der Waals surface area contributed by atoms with E-state index < -0.39 is 29.8 Å². The molecule has 1 atom stereocenters. The number of nitrogens with two attached hydrogens (primary N) is 1. The molecule has 0 saturated carbocycles. The van der Waals surface area contributed by atoms with Crippen LogP contribution in [0.3, 0.4) is 0 Å². The minimum absolute atomic E-state index is 0.260. The second-order valence-electron chi connectivity index (χ2n) is 5.76. The molecule has 0 aliphatic carbocycles. The number of hydrogen-bond acceptors (Lipinski definition) is 3. The minimum Gasteiger partial charge on any atom is -0.480 e. The van der Waals surface area contributed by atoms with Gasteiger partial charge in [0.05, 0.1) is 5.56 Å². The van der Waals surface area contributed by atoms with Gasteiger partial charge in [0.25, 0.3) is 5.91 Å². The second kappa shape index (κ2) is 7.62. The van der Waals surface area contributed by atoms with Crippen molar-refractivity contribution in [3.8, 4) is 5.75 Å². The van der Waals surface area contributed by atoms with Gasteiger partial charge in [0.2, 0.25) is 0 Å². The summed E-state index contributed by atoms with van der Waals surface area (Å²) in [4.78, 5) is 26.6. The first-order valence-corrected chi connectivity index (χ1v) is 7.86. The van der Waals surface area contributed by atoms with Crippen molar-refractivity contribution in [2.24, 2.45) is 5.73 Å². The molecule has 1 aliphatic rings. The Balaban J connectivity index is 2.05. The Morgan fingerprint density at radius 1 is 1.12 bits per heavy atom. The van der Waals surface area contributed by atoms with Gasteiger partial charge in [-0.2, -0.15) is 13.2 Å². The van der Waals surface area contributed by atoms with E-state index in [1.54, 1.807) is 0 Å². The van der Waals surface area contributed by atoms with E-state index in [0.29, 0.717) is 19.5 Å².